The summed E-state index contributed by atoms with van der Waals surface area (Å²) < 4.78 is 13.3. The summed E-state index contributed by atoms with van der Waals surface area (Å²) in [4.78, 5) is 63.8. The Bertz CT molecular complexity index is 2690. The Balaban J connectivity index is 1.01. The molecule has 0 aliphatic carbocycles. The van der Waals surface area contributed by atoms with Crippen molar-refractivity contribution in [1.82, 2.24) is 14.5 Å². The first kappa shape index (κ1) is 39.7. The van der Waals surface area contributed by atoms with E-state index < -0.39 is 23.7 Å². The van der Waals surface area contributed by atoms with Gasteiger partial charge in [-0.05, 0) is 84.5 Å². The lowest BCUT2D eigenvalue weighted by Gasteiger charge is -2.39. The number of nitrogens with zero attached hydrogens (tertiary/aromatic N) is 5. The van der Waals surface area contributed by atoms with Gasteiger partial charge in [0.1, 0.15) is 29.7 Å². The van der Waals surface area contributed by atoms with Crippen molar-refractivity contribution in [2.24, 2.45) is 5.73 Å². The summed E-state index contributed by atoms with van der Waals surface area (Å²) in [6.45, 7) is 8.68. The van der Waals surface area contributed by atoms with Crippen molar-refractivity contribution in [3.05, 3.63) is 104 Å². The summed E-state index contributed by atoms with van der Waals surface area (Å²) in [6.07, 6.45) is -0.0808. The topological polar surface area (TPSA) is 225 Å². The molecule has 1 atom stereocenters. The van der Waals surface area contributed by atoms with Gasteiger partial charge in [-0.25, -0.2) is 24.3 Å². The van der Waals surface area contributed by atoms with Crippen LogP contribution in [0.4, 0.5) is 21.0 Å². The van der Waals surface area contributed by atoms with Crippen LogP contribution in [0.2, 0.25) is 0 Å². The van der Waals surface area contributed by atoms with Crippen LogP contribution < -0.4 is 21.1 Å². The number of piperazine rings is 1. The Hall–Kier alpha value is -7.10. The molecule has 3 amide bonds. The molecule has 0 radical (unpaired) electrons. The van der Waals surface area contributed by atoms with Gasteiger partial charge >= 0.3 is 18.1 Å². The van der Waals surface area contributed by atoms with E-state index in [4.69, 9.17) is 25.6 Å². The lowest BCUT2D eigenvalue weighted by molar-refractivity contribution is -0.173. The van der Waals surface area contributed by atoms with Crippen molar-refractivity contribution in [3.8, 4) is 28.6 Å². The number of esters is 1. The number of rotatable bonds is 7. The first-order valence-corrected chi connectivity index (χ1v) is 19.8. The van der Waals surface area contributed by atoms with Crippen molar-refractivity contribution in [3.63, 3.8) is 0 Å². The van der Waals surface area contributed by atoms with Gasteiger partial charge < -0.3 is 44.9 Å². The van der Waals surface area contributed by atoms with Crippen LogP contribution in [0.3, 0.4) is 0 Å². The molecule has 16 heteroatoms. The second-order valence-corrected chi connectivity index (χ2v) is 15.5. The fraction of sp³-hybridized carbons (Fsp3) is 0.318. The highest BCUT2D eigenvalue weighted by atomic mass is 16.6. The zero-order chi connectivity index (χ0) is 42.8. The van der Waals surface area contributed by atoms with Gasteiger partial charge in [0.2, 0.25) is 5.60 Å². The zero-order valence-electron chi connectivity index (χ0n) is 33.6. The Labute approximate surface area is 344 Å². The minimum atomic E-state index is -1.88. The van der Waals surface area contributed by atoms with E-state index in [1.807, 2.05) is 25.7 Å². The number of amidine groups is 1. The van der Waals surface area contributed by atoms with Crippen molar-refractivity contribution in [2.75, 3.05) is 36.0 Å². The Morgan fingerprint density at radius 3 is 2.33 bits per heavy atom. The number of primary amides is 1. The number of fused-ring (bicyclic) bond motifs is 5. The average molecular weight is 816 g/mol. The minimum absolute atomic E-state index is 0.0162. The molecule has 5 aromatic rings. The SMILES string of the molecule is CCc1c2c(nc3ccc(O)cc13)-c1cc3c(c(=O)n1C2)COC(=O)C3(CC)OC(=O)N1CCN(c2ccc(N(C(=N)c3cc(C(C)C)c(O)cc3O)C(N)=O)cc2)CC1. The van der Waals surface area contributed by atoms with Gasteiger partial charge in [0.25, 0.3) is 5.56 Å². The molecule has 1 unspecified atom stereocenters. The number of ether oxygens (including phenoxy) is 2. The number of aromatic nitrogens is 2. The predicted octanol–water partition coefficient (Wildman–Crippen LogP) is 5.76. The molecule has 6 N–H and O–H groups in total. The summed E-state index contributed by atoms with van der Waals surface area (Å²) >= 11 is 0. The van der Waals surface area contributed by atoms with Crippen LogP contribution in [-0.4, -0.2) is 79.9 Å². The van der Waals surface area contributed by atoms with Crippen LogP contribution in [-0.2, 0) is 39.4 Å². The first-order chi connectivity index (χ1) is 28.7. The number of nitrogens with two attached hydrogens (primary N) is 1. The van der Waals surface area contributed by atoms with E-state index in [0.717, 1.165) is 33.2 Å². The number of amides is 3. The maximum atomic E-state index is 14.1. The van der Waals surface area contributed by atoms with Crippen LogP contribution in [0.5, 0.6) is 17.2 Å². The Kier molecular flexibility index (Phi) is 9.88. The Morgan fingerprint density at radius 2 is 1.68 bits per heavy atom. The van der Waals surface area contributed by atoms with E-state index in [0.29, 0.717) is 42.0 Å². The average Bonchev–Trinajstić information content (AvgIpc) is 3.59. The fourth-order valence-electron chi connectivity index (χ4n) is 8.62. The van der Waals surface area contributed by atoms with Crippen LogP contribution >= 0.6 is 0 Å². The van der Waals surface area contributed by atoms with Crippen molar-refractivity contribution in [1.29, 1.82) is 5.41 Å². The maximum Gasteiger partial charge on any atom is 0.411 e. The number of anilines is 2. The number of phenols is 3. The number of aromatic hydroxyl groups is 3. The quantitative estimate of drug-likeness (QED) is 0.0740. The molecule has 1 fully saturated rings. The number of urea groups is 1. The number of carbonyl (C=O) groups excluding carboxylic acids is 3. The number of hydrogen-bond acceptors (Lipinski definition) is 12. The second kappa shape index (κ2) is 14.9. The lowest BCUT2D eigenvalue weighted by Crippen LogP contribution is -2.53. The highest BCUT2D eigenvalue weighted by molar-refractivity contribution is 6.22. The molecule has 60 heavy (non-hydrogen) atoms. The van der Waals surface area contributed by atoms with E-state index in [2.05, 4.69) is 0 Å². The van der Waals surface area contributed by atoms with Crippen LogP contribution in [0.15, 0.2) is 65.5 Å². The molecule has 1 saturated heterocycles. The third kappa shape index (κ3) is 6.38. The molecule has 8 rings (SSSR count). The molecule has 0 spiro atoms. The number of carbonyl (C=O) groups is 3. The van der Waals surface area contributed by atoms with Crippen molar-refractivity contribution >= 4 is 46.2 Å². The monoisotopic (exact) mass is 815 g/mol. The molecule has 3 aromatic carbocycles. The molecule has 16 nitrogen and oxygen atoms in total. The molecule has 0 saturated carbocycles. The summed E-state index contributed by atoms with van der Waals surface area (Å²) in [5.41, 5.74) is 9.15. The number of nitrogens with one attached hydrogen (secondary N) is 1. The van der Waals surface area contributed by atoms with Gasteiger partial charge in [0, 0.05) is 54.4 Å². The fourth-order valence-corrected chi connectivity index (χ4v) is 8.62. The van der Waals surface area contributed by atoms with Crippen molar-refractivity contribution < 1.29 is 39.2 Å². The van der Waals surface area contributed by atoms with Gasteiger partial charge in [0.15, 0.2) is 0 Å². The molecule has 310 valence electrons. The van der Waals surface area contributed by atoms with E-state index in [1.54, 1.807) is 60.0 Å². The molecule has 3 aliphatic heterocycles. The number of benzene rings is 3. The van der Waals surface area contributed by atoms with E-state index in [-0.39, 0.29) is 89.6 Å². The number of aryl methyl sites for hydroxylation is 1. The van der Waals surface area contributed by atoms with Gasteiger partial charge in [0.05, 0.1) is 40.3 Å². The third-order valence-corrected chi connectivity index (χ3v) is 11.8. The lowest BCUT2D eigenvalue weighted by atomic mass is 9.85. The second-order valence-electron chi connectivity index (χ2n) is 15.5. The van der Waals surface area contributed by atoms with Gasteiger partial charge in [-0.15, -0.1) is 0 Å². The van der Waals surface area contributed by atoms with E-state index in [9.17, 15) is 34.5 Å². The zero-order valence-corrected chi connectivity index (χ0v) is 33.6. The molecule has 5 heterocycles. The number of cyclic esters (lactones) is 1. The highest BCUT2D eigenvalue weighted by Gasteiger charge is 2.51. The number of phenolic OH excluding ortho intramolecular Hbond substituents is 3. The summed E-state index contributed by atoms with van der Waals surface area (Å²) in [5, 5.41) is 40.6. The van der Waals surface area contributed by atoms with Crippen molar-refractivity contribution in [2.45, 2.75) is 65.2 Å². The summed E-state index contributed by atoms with van der Waals surface area (Å²) in [7, 11) is 0. The van der Waals surface area contributed by atoms with Crippen LogP contribution in [0, 0.1) is 5.41 Å². The molecular weight excluding hydrogens is 771 g/mol. The molecular formula is C44H45N7O9. The third-order valence-electron chi connectivity index (χ3n) is 11.8. The van der Waals surface area contributed by atoms with E-state index in [1.165, 1.54) is 11.0 Å². The van der Waals surface area contributed by atoms with Gasteiger partial charge in [-0.2, -0.15) is 0 Å². The summed E-state index contributed by atoms with van der Waals surface area (Å²) in [5.74, 6) is -1.63. The molecule has 0 bridgehead atoms. The number of hydrogen-bond donors (Lipinski definition) is 5. The van der Waals surface area contributed by atoms with Gasteiger partial charge in [-0.1, -0.05) is 27.7 Å². The normalized spacial score (nSPS) is 16.9. The minimum Gasteiger partial charge on any atom is -0.508 e. The molecule has 2 aromatic heterocycles. The smallest absolute Gasteiger partial charge is 0.411 e. The Morgan fingerprint density at radius 1 is 0.967 bits per heavy atom. The summed E-state index contributed by atoms with van der Waals surface area (Å²) in [6, 6.07) is 15.1. The largest absolute Gasteiger partial charge is 0.508 e. The van der Waals surface area contributed by atoms with E-state index >= 15 is 0 Å². The van der Waals surface area contributed by atoms with Gasteiger partial charge in [-0.3, -0.25) is 10.2 Å². The predicted molar refractivity (Wildman–Crippen MR) is 223 cm³/mol. The van der Waals surface area contributed by atoms with Crippen LogP contribution in [0.1, 0.15) is 73.4 Å². The number of pyridine rings is 2. The highest BCUT2D eigenvalue weighted by Crippen LogP contribution is 2.43. The standard InChI is InChI=1S/C44H45N7O9/c1-5-27-29-17-26(52)11-12-34(29)47-38-31(27)21-50-35(38)19-33-32(40(50)55)22-59-41(56)44(33,6-2)60-43(58)49-15-13-48(14-16-49)24-7-9-25(10-8-24)51(42(46)57)39(45)30-18-28(23(3)4)36(53)20-37(30)54/h7-12,17-20,23,45,52-54H,5-6,13-16,21-22H2,1-4H3,(H2,46,57). The first-order valence-electron chi connectivity index (χ1n) is 19.8. The van der Waals surface area contributed by atoms with Crippen LogP contribution in [0.25, 0.3) is 22.3 Å². The maximum absolute atomic E-state index is 14.1. The molecule has 3 aliphatic rings.